The van der Waals surface area contributed by atoms with E-state index in [-0.39, 0.29) is 24.3 Å². The normalized spacial score (nSPS) is 16.4. The molecule has 0 aromatic heterocycles. The Morgan fingerprint density at radius 1 is 1.30 bits per heavy atom. The van der Waals surface area contributed by atoms with Crippen LogP contribution < -0.4 is 10.3 Å². The fourth-order valence-corrected chi connectivity index (χ4v) is 3.02. The number of hydrogen-bond donors (Lipinski definition) is 1. The molecule has 2 unspecified atom stereocenters. The van der Waals surface area contributed by atoms with Crippen LogP contribution in [-0.2, 0) is 14.3 Å². The van der Waals surface area contributed by atoms with Crippen molar-refractivity contribution in [2.45, 2.75) is 25.4 Å². The Morgan fingerprint density at radius 2 is 2.03 bits per heavy atom. The Morgan fingerprint density at radius 3 is 2.67 bits per heavy atom. The van der Waals surface area contributed by atoms with Crippen LogP contribution >= 0.6 is 0 Å². The van der Waals surface area contributed by atoms with Gasteiger partial charge < -0.3 is 10.1 Å². The van der Waals surface area contributed by atoms with Crippen LogP contribution in [0.15, 0.2) is 53.6 Å². The summed E-state index contributed by atoms with van der Waals surface area (Å²) in [5.74, 6) is -3.03. The van der Waals surface area contributed by atoms with Crippen molar-refractivity contribution in [3.63, 3.8) is 0 Å². The summed E-state index contributed by atoms with van der Waals surface area (Å²) in [6.45, 7) is 1.81. The molecule has 0 radical (unpaired) electrons. The Kier molecular flexibility index (Phi) is 6.37. The lowest BCUT2D eigenvalue weighted by Crippen LogP contribution is -2.44. The van der Waals surface area contributed by atoms with E-state index < -0.39 is 35.6 Å². The number of nitriles is 1. The van der Waals surface area contributed by atoms with Gasteiger partial charge in [0.25, 0.3) is 0 Å². The molecule has 2 aromatic rings. The van der Waals surface area contributed by atoms with Crippen LogP contribution in [0.3, 0.4) is 0 Å². The van der Waals surface area contributed by atoms with E-state index >= 15 is 0 Å². The van der Waals surface area contributed by atoms with Gasteiger partial charge in [0.1, 0.15) is 29.4 Å². The van der Waals surface area contributed by atoms with Crippen molar-refractivity contribution in [2.75, 3.05) is 11.6 Å². The molecular formula is C21H18F2N4O3. The number of nitrogens with zero attached hydrogens (tertiary/aromatic N) is 3. The minimum atomic E-state index is -1.35. The fraction of sp³-hybridized carbons (Fsp3) is 0.238. The van der Waals surface area contributed by atoms with E-state index in [1.165, 1.54) is 5.01 Å². The molecule has 9 heteroatoms. The number of hydrogen-bond acceptors (Lipinski definition) is 6. The average Bonchev–Trinajstić information content (AvgIpc) is 3.19. The lowest BCUT2D eigenvalue weighted by Gasteiger charge is -2.24. The van der Waals surface area contributed by atoms with Gasteiger partial charge in [-0.05, 0) is 25.1 Å². The highest BCUT2D eigenvalue weighted by molar-refractivity contribution is 6.38. The van der Waals surface area contributed by atoms with Gasteiger partial charge in [-0.3, -0.25) is 9.80 Å². The molecule has 1 aliphatic rings. The van der Waals surface area contributed by atoms with Crippen molar-refractivity contribution in [1.82, 2.24) is 5.32 Å². The molecule has 0 saturated heterocycles. The lowest BCUT2D eigenvalue weighted by molar-refractivity contribution is -0.135. The standard InChI is InChI=1S/C21H18F2N4O3/c1-2-30-21(29)17-11-19(27(26-17)14-6-4-3-5-7-14)20(28)25-18(12-24)15-9-8-13(22)10-16(15)23/h3-10,18-19H,2,11H2,1H3,(H,25,28). The summed E-state index contributed by atoms with van der Waals surface area (Å²) in [6.07, 6.45) is -0.0520. The molecule has 2 aromatic carbocycles. The summed E-state index contributed by atoms with van der Waals surface area (Å²) in [5.41, 5.74) is 0.448. The highest BCUT2D eigenvalue weighted by Gasteiger charge is 2.37. The van der Waals surface area contributed by atoms with Gasteiger partial charge in [-0.2, -0.15) is 10.4 Å². The van der Waals surface area contributed by atoms with E-state index in [1.807, 2.05) is 0 Å². The Hall–Kier alpha value is -3.80. The van der Waals surface area contributed by atoms with Crippen molar-refractivity contribution >= 4 is 23.3 Å². The minimum Gasteiger partial charge on any atom is -0.461 e. The van der Waals surface area contributed by atoms with E-state index in [4.69, 9.17) is 4.74 Å². The molecule has 0 fully saturated rings. The maximum atomic E-state index is 14.1. The third kappa shape index (κ3) is 4.43. The number of carbonyl (C=O) groups is 2. The number of rotatable bonds is 6. The second kappa shape index (κ2) is 9.13. The summed E-state index contributed by atoms with van der Waals surface area (Å²) in [4.78, 5) is 25.1. The predicted octanol–water partition coefficient (Wildman–Crippen LogP) is 2.84. The third-order valence-corrected chi connectivity index (χ3v) is 4.43. The Labute approximate surface area is 171 Å². The smallest absolute Gasteiger partial charge is 0.354 e. The zero-order chi connectivity index (χ0) is 21.7. The van der Waals surface area contributed by atoms with Gasteiger partial charge in [-0.25, -0.2) is 13.6 Å². The summed E-state index contributed by atoms with van der Waals surface area (Å²) in [7, 11) is 0. The summed E-state index contributed by atoms with van der Waals surface area (Å²) >= 11 is 0. The number of esters is 1. The summed E-state index contributed by atoms with van der Waals surface area (Å²) in [6, 6.07) is 10.9. The number of nitrogens with one attached hydrogen (secondary N) is 1. The maximum Gasteiger partial charge on any atom is 0.354 e. The molecule has 1 heterocycles. The fourth-order valence-electron chi connectivity index (χ4n) is 3.02. The number of para-hydroxylation sites is 1. The highest BCUT2D eigenvalue weighted by atomic mass is 19.1. The molecule has 0 spiro atoms. The van der Waals surface area contributed by atoms with Crippen molar-refractivity contribution in [3.05, 3.63) is 65.7 Å². The van der Waals surface area contributed by atoms with Crippen molar-refractivity contribution in [3.8, 4) is 6.07 Å². The lowest BCUT2D eigenvalue weighted by atomic mass is 10.1. The molecule has 1 amide bonds. The predicted molar refractivity (Wildman–Crippen MR) is 104 cm³/mol. The zero-order valence-corrected chi connectivity index (χ0v) is 16.0. The molecule has 2 atom stereocenters. The van der Waals surface area contributed by atoms with Gasteiger partial charge >= 0.3 is 5.97 Å². The number of hydrazone groups is 1. The van der Waals surface area contributed by atoms with E-state index in [0.29, 0.717) is 11.8 Å². The largest absolute Gasteiger partial charge is 0.461 e. The second-order valence-corrected chi connectivity index (χ2v) is 6.40. The SMILES string of the molecule is CCOC(=O)C1=NN(c2ccccc2)C(C(=O)NC(C#N)c2ccc(F)cc2F)C1. The van der Waals surface area contributed by atoms with Gasteiger partial charge in [0.05, 0.1) is 18.4 Å². The number of carbonyl (C=O) groups excluding carboxylic acids is 2. The van der Waals surface area contributed by atoms with E-state index in [1.54, 1.807) is 43.3 Å². The second-order valence-electron chi connectivity index (χ2n) is 6.40. The highest BCUT2D eigenvalue weighted by Crippen LogP contribution is 2.26. The molecule has 3 rings (SSSR count). The van der Waals surface area contributed by atoms with Gasteiger partial charge in [-0.15, -0.1) is 0 Å². The molecule has 7 nitrogen and oxygen atoms in total. The minimum absolute atomic E-state index is 0.0520. The van der Waals surface area contributed by atoms with Crippen molar-refractivity contribution in [1.29, 1.82) is 5.26 Å². The molecule has 1 N–H and O–H groups in total. The van der Waals surface area contributed by atoms with Crippen LogP contribution in [0.25, 0.3) is 0 Å². The molecule has 0 bridgehead atoms. The monoisotopic (exact) mass is 412 g/mol. The molecule has 0 saturated carbocycles. The number of benzene rings is 2. The number of amides is 1. The summed E-state index contributed by atoms with van der Waals surface area (Å²) < 4.78 is 32.2. The molecule has 30 heavy (non-hydrogen) atoms. The average molecular weight is 412 g/mol. The molecule has 1 aliphatic heterocycles. The van der Waals surface area contributed by atoms with Crippen LogP contribution in [0.1, 0.15) is 24.9 Å². The van der Waals surface area contributed by atoms with Crippen molar-refractivity contribution < 1.29 is 23.1 Å². The first-order valence-electron chi connectivity index (χ1n) is 9.18. The number of ether oxygens (including phenoxy) is 1. The maximum absolute atomic E-state index is 14.1. The van der Waals surface area contributed by atoms with Crippen molar-refractivity contribution in [2.24, 2.45) is 5.10 Å². The topological polar surface area (TPSA) is 94.8 Å². The Balaban J connectivity index is 1.85. The first kappa shape index (κ1) is 20.9. The van der Waals surface area contributed by atoms with E-state index in [2.05, 4.69) is 10.4 Å². The Bertz CT molecular complexity index is 1020. The molecule has 0 aliphatic carbocycles. The van der Waals surface area contributed by atoms with E-state index in [9.17, 15) is 23.6 Å². The van der Waals surface area contributed by atoms with Gasteiger partial charge in [-0.1, -0.05) is 24.3 Å². The summed E-state index contributed by atoms with van der Waals surface area (Å²) in [5, 5.41) is 17.4. The van der Waals surface area contributed by atoms with Crippen LogP contribution in [0.5, 0.6) is 0 Å². The molecule has 154 valence electrons. The number of anilines is 1. The van der Waals surface area contributed by atoms with Crippen LogP contribution in [0.4, 0.5) is 14.5 Å². The first-order valence-corrected chi connectivity index (χ1v) is 9.18. The van der Waals surface area contributed by atoms with Gasteiger partial charge in [0, 0.05) is 18.1 Å². The first-order chi connectivity index (χ1) is 14.4. The van der Waals surface area contributed by atoms with Gasteiger partial charge in [0.2, 0.25) is 5.91 Å². The van der Waals surface area contributed by atoms with Crippen LogP contribution in [-0.4, -0.2) is 30.2 Å². The molecular weight excluding hydrogens is 394 g/mol. The quantitative estimate of drug-likeness (QED) is 0.737. The third-order valence-electron chi connectivity index (χ3n) is 4.43. The van der Waals surface area contributed by atoms with Crippen LogP contribution in [0.2, 0.25) is 0 Å². The zero-order valence-electron chi connectivity index (χ0n) is 16.0. The van der Waals surface area contributed by atoms with Gasteiger partial charge in [0.15, 0.2) is 0 Å². The van der Waals surface area contributed by atoms with Crippen LogP contribution in [0, 0.1) is 23.0 Å². The van der Waals surface area contributed by atoms with E-state index in [0.717, 1.165) is 12.1 Å². The number of halogens is 2.